The van der Waals surface area contributed by atoms with Crippen molar-refractivity contribution in [2.75, 3.05) is 7.11 Å². The number of ketones is 1. The number of fused-ring (bicyclic) bond motifs is 1. The molecular formula is C10H8F2O2. The molecule has 2 nitrogen and oxygen atoms in total. The zero-order valence-corrected chi connectivity index (χ0v) is 7.51. The van der Waals surface area contributed by atoms with Crippen LogP contribution in [-0.2, 0) is 6.42 Å². The molecule has 0 aliphatic heterocycles. The molecule has 74 valence electrons. The number of halogens is 2. The van der Waals surface area contributed by atoms with Crippen molar-refractivity contribution in [2.45, 2.75) is 12.6 Å². The van der Waals surface area contributed by atoms with Crippen molar-refractivity contribution in [1.82, 2.24) is 0 Å². The Balaban J connectivity index is 2.62. The summed E-state index contributed by atoms with van der Waals surface area (Å²) in [4.78, 5) is 11.2. The fourth-order valence-corrected chi connectivity index (χ4v) is 1.69. The van der Waals surface area contributed by atoms with Crippen molar-refractivity contribution in [1.29, 1.82) is 0 Å². The lowest BCUT2D eigenvalue weighted by Gasteiger charge is -2.06. The van der Waals surface area contributed by atoms with Gasteiger partial charge in [0.1, 0.15) is 0 Å². The number of benzene rings is 1. The molecule has 0 saturated carbocycles. The van der Waals surface area contributed by atoms with Crippen LogP contribution in [0.3, 0.4) is 0 Å². The number of carbonyl (C=O) groups excluding carboxylic acids is 1. The van der Waals surface area contributed by atoms with Gasteiger partial charge in [0.2, 0.25) is 0 Å². The van der Waals surface area contributed by atoms with E-state index in [0.717, 1.165) is 6.07 Å². The molecule has 1 unspecified atom stereocenters. The highest BCUT2D eigenvalue weighted by Gasteiger charge is 2.33. The second-order valence-corrected chi connectivity index (χ2v) is 3.14. The van der Waals surface area contributed by atoms with Crippen LogP contribution in [0.1, 0.15) is 15.9 Å². The van der Waals surface area contributed by atoms with Crippen LogP contribution in [0.5, 0.6) is 5.75 Å². The fraction of sp³-hybridized carbons (Fsp3) is 0.300. The number of alkyl halides is 1. The van der Waals surface area contributed by atoms with E-state index in [1.807, 2.05) is 0 Å². The van der Waals surface area contributed by atoms with Crippen LogP contribution < -0.4 is 4.74 Å². The Labute approximate surface area is 79.5 Å². The topological polar surface area (TPSA) is 26.3 Å². The number of methoxy groups -OCH3 is 1. The summed E-state index contributed by atoms with van der Waals surface area (Å²) in [6.07, 6.45) is -1.64. The molecule has 1 aliphatic carbocycles. The van der Waals surface area contributed by atoms with Gasteiger partial charge in [-0.25, -0.2) is 8.78 Å². The lowest BCUT2D eigenvalue weighted by Crippen LogP contribution is -2.07. The van der Waals surface area contributed by atoms with Crippen molar-refractivity contribution in [2.24, 2.45) is 0 Å². The third kappa shape index (κ3) is 1.10. The van der Waals surface area contributed by atoms with Gasteiger partial charge in [0, 0.05) is 17.5 Å². The van der Waals surface area contributed by atoms with E-state index in [-0.39, 0.29) is 17.7 Å². The second kappa shape index (κ2) is 3.04. The van der Waals surface area contributed by atoms with Crippen LogP contribution in [0, 0.1) is 5.82 Å². The summed E-state index contributed by atoms with van der Waals surface area (Å²) in [6.45, 7) is 0. The molecule has 0 N–H and O–H groups in total. The van der Waals surface area contributed by atoms with Gasteiger partial charge in [-0.2, -0.15) is 0 Å². The van der Waals surface area contributed by atoms with Crippen LogP contribution in [0.2, 0.25) is 0 Å². The Kier molecular flexibility index (Phi) is 1.98. The van der Waals surface area contributed by atoms with Crippen LogP contribution in [0.15, 0.2) is 12.1 Å². The van der Waals surface area contributed by atoms with Gasteiger partial charge in [-0.1, -0.05) is 0 Å². The van der Waals surface area contributed by atoms with Gasteiger partial charge in [0.05, 0.1) is 7.11 Å². The molecule has 1 aromatic carbocycles. The summed E-state index contributed by atoms with van der Waals surface area (Å²) in [5.41, 5.74) is 0.570. The monoisotopic (exact) mass is 198 g/mol. The van der Waals surface area contributed by atoms with E-state index in [2.05, 4.69) is 0 Å². The number of rotatable bonds is 1. The molecule has 1 atom stereocenters. The van der Waals surface area contributed by atoms with Crippen molar-refractivity contribution < 1.29 is 18.3 Å². The molecule has 0 amide bonds. The lowest BCUT2D eigenvalue weighted by atomic mass is 10.1. The van der Waals surface area contributed by atoms with Gasteiger partial charge in [0.25, 0.3) is 0 Å². The van der Waals surface area contributed by atoms with E-state index in [4.69, 9.17) is 4.74 Å². The van der Waals surface area contributed by atoms with E-state index in [0.29, 0.717) is 5.56 Å². The Hall–Kier alpha value is -1.45. The van der Waals surface area contributed by atoms with Crippen LogP contribution in [0.4, 0.5) is 8.78 Å². The SMILES string of the molecule is COc1c(F)ccc2c1CC(F)C2=O. The molecule has 1 aliphatic rings. The number of Topliss-reactive ketones (excluding diaryl/α,β-unsaturated/α-hetero) is 1. The van der Waals surface area contributed by atoms with E-state index < -0.39 is 17.8 Å². The van der Waals surface area contributed by atoms with E-state index in [9.17, 15) is 13.6 Å². The summed E-state index contributed by atoms with van der Waals surface area (Å²) in [5, 5.41) is 0. The maximum atomic E-state index is 13.1. The normalized spacial score (nSPS) is 19.6. The third-order valence-electron chi connectivity index (χ3n) is 2.35. The zero-order valence-electron chi connectivity index (χ0n) is 7.51. The first-order valence-electron chi connectivity index (χ1n) is 4.18. The quantitative estimate of drug-likeness (QED) is 0.689. The lowest BCUT2D eigenvalue weighted by molar-refractivity contribution is 0.0899. The fourth-order valence-electron chi connectivity index (χ4n) is 1.69. The van der Waals surface area contributed by atoms with E-state index in [1.165, 1.54) is 13.2 Å². The molecule has 0 aromatic heterocycles. The number of hydrogen-bond donors (Lipinski definition) is 0. The smallest absolute Gasteiger partial charge is 0.197 e. The Bertz CT molecular complexity index is 401. The number of carbonyl (C=O) groups is 1. The Morgan fingerprint density at radius 3 is 2.86 bits per heavy atom. The van der Waals surface area contributed by atoms with Crippen LogP contribution >= 0.6 is 0 Å². The molecule has 14 heavy (non-hydrogen) atoms. The van der Waals surface area contributed by atoms with Crippen LogP contribution in [-0.4, -0.2) is 19.1 Å². The highest BCUT2D eigenvalue weighted by molar-refractivity contribution is 6.04. The minimum atomic E-state index is -1.55. The highest BCUT2D eigenvalue weighted by atomic mass is 19.1. The molecular weight excluding hydrogens is 190 g/mol. The molecule has 0 saturated heterocycles. The minimum absolute atomic E-state index is 0.0176. The summed E-state index contributed by atoms with van der Waals surface area (Å²) >= 11 is 0. The number of hydrogen-bond acceptors (Lipinski definition) is 2. The van der Waals surface area contributed by atoms with Gasteiger partial charge in [-0.3, -0.25) is 4.79 Å². The molecule has 0 fully saturated rings. The highest BCUT2D eigenvalue weighted by Crippen LogP contribution is 2.33. The largest absolute Gasteiger partial charge is 0.493 e. The zero-order chi connectivity index (χ0) is 10.3. The molecule has 2 rings (SSSR count). The third-order valence-corrected chi connectivity index (χ3v) is 2.35. The van der Waals surface area contributed by atoms with Crippen LogP contribution in [0.25, 0.3) is 0 Å². The average molecular weight is 198 g/mol. The maximum absolute atomic E-state index is 13.1. The van der Waals surface area contributed by atoms with Crippen molar-refractivity contribution in [3.63, 3.8) is 0 Å². The van der Waals surface area contributed by atoms with Gasteiger partial charge in [-0.05, 0) is 12.1 Å². The molecule has 0 spiro atoms. The molecule has 0 bridgehead atoms. The minimum Gasteiger partial charge on any atom is -0.493 e. The van der Waals surface area contributed by atoms with Crippen molar-refractivity contribution >= 4 is 5.78 Å². The number of ether oxygens (including phenoxy) is 1. The van der Waals surface area contributed by atoms with Gasteiger partial charge >= 0.3 is 0 Å². The predicted octanol–water partition coefficient (Wildman–Crippen LogP) is 1.91. The van der Waals surface area contributed by atoms with Gasteiger partial charge in [0.15, 0.2) is 23.5 Å². The van der Waals surface area contributed by atoms with Crippen molar-refractivity contribution in [3.05, 3.63) is 29.1 Å². The first-order valence-corrected chi connectivity index (χ1v) is 4.18. The first-order chi connectivity index (χ1) is 6.65. The molecule has 0 heterocycles. The summed E-state index contributed by atoms with van der Waals surface area (Å²) in [7, 11) is 1.30. The summed E-state index contributed by atoms with van der Waals surface area (Å²) in [5.74, 6) is -1.16. The average Bonchev–Trinajstić information content (AvgIpc) is 2.43. The predicted molar refractivity (Wildman–Crippen MR) is 45.9 cm³/mol. The Morgan fingerprint density at radius 1 is 1.50 bits per heavy atom. The second-order valence-electron chi connectivity index (χ2n) is 3.14. The van der Waals surface area contributed by atoms with Gasteiger partial charge in [-0.15, -0.1) is 0 Å². The first kappa shape index (κ1) is 9.12. The maximum Gasteiger partial charge on any atom is 0.197 e. The van der Waals surface area contributed by atoms with E-state index in [1.54, 1.807) is 0 Å². The molecule has 0 radical (unpaired) electrons. The van der Waals surface area contributed by atoms with E-state index >= 15 is 0 Å². The molecule has 1 aromatic rings. The molecule has 4 heteroatoms. The summed E-state index contributed by atoms with van der Waals surface area (Å²) < 4.78 is 31.0. The standard InChI is InChI=1S/C10H8F2O2/c1-14-10-6-4-8(12)9(13)5(6)2-3-7(10)11/h2-3,8H,4H2,1H3. The Morgan fingerprint density at radius 2 is 2.21 bits per heavy atom. The summed E-state index contributed by atoms with van der Waals surface area (Å²) in [6, 6.07) is 2.42. The van der Waals surface area contributed by atoms with Crippen molar-refractivity contribution in [3.8, 4) is 5.75 Å². The van der Waals surface area contributed by atoms with Gasteiger partial charge < -0.3 is 4.74 Å².